The molecule has 0 aliphatic heterocycles. The Morgan fingerprint density at radius 1 is 1.17 bits per heavy atom. The van der Waals surface area contributed by atoms with Crippen molar-refractivity contribution in [2.75, 3.05) is 0 Å². The molecule has 1 amide bonds. The number of oxazole rings is 1. The minimum atomic E-state index is -0.400. The topological polar surface area (TPSA) is 97.5 Å². The van der Waals surface area contributed by atoms with Crippen LogP contribution < -0.4 is 10.1 Å². The molecule has 0 spiro atoms. The average molecular weight is 389 g/mol. The maximum Gasteiger partial charge on any atom is 0.273 e. The van der Waals surface area contributed by atoms with Crippen molar-refractivity contribution >= 4 is 16.8 Å². The molecule has 0 saturated carbocycles. The van der Waals surface area contributed by atoms with Crippen LogP contribution in [0.1, 0.15) is 34.9 Å². The lowest BCUT2D eigenvalue weighted by Gasteiger charge is -2.14. The number of phenols is 1. The molecule has 0 aliphatic rings. The SMILES string of the molecule is C[C@H](NC(=O)c1coc(COc2cccc3cccnc23)n1)c1ccccc1O. The number of carbonyl (C=O) groups excluding carboxylic acids is 1. The van der Waals surface area contributed by atoms with Crippen molar-refractivity contribution in [3.05, 3.63) is 84.2 Å². The number of aromatic nitrogens is 2. The van der Waals surface area contributed by atoms with Gasteiger partial charge < -0.3 is 19.6 Å². The van der Waals surface area contributed by atoms with Crippen LogP contribution >= 0.6 is 0 Å². The number of phenolic OH excluding ortho intramolecular Hbond substituents is 1. The van der Waals surface area contributed by atoms with Gasteiger partial charge in [-0.15, -0.1) is 0 Å². The summed E-state index contributed by atoms with van der Waals surface area (Å²) in [5, 5.41) is 13.7. The molecule has 7 nitrogen and oxygen atoms in total. The molecule has 0 fully saturated rings. The summed E-state index contributed by atoms with van der Waals surface area (Å²) < 4.78 is 11.1. The summed E-state index contributed by atoms with van der Waals surface area (Å²) in [7, 11) is 0. The highest BCUT2D eigenvalue weighted by Gasteiger charge is 2.17. The van der Waals surface area contributed by atoms with Gasteiger partial charge in [-0.3, -0.25) is 9.78 Å². The molecule has 0 bridgehead atoms. The number of aromatic hydroxyl groups is 1. The van der Waals surface area contributed by atoms with Crippen molar-refractivity contribution in [1.82, 2.24) is 15.3 Å². The van der Waals surface area contributed by atoms with Crippen molar-refractivity contribution < 1.29 is 19.1 Å². The molecule has 4 rings (SSSR count). The first-order chi connectivity index (χ1) is 14.1. The molecule has 0 saturated heterocycles. The van der Waals surface area contributed by atoms with Gasteiger partial charge in [0.15, 0.2) is 12.3 Å². The number of hydrogen-bond acceptors (Lipinski definition) is 6. The van der Waals surface area contributed by atoms with Gasteiger partial charge in [0.2, 0.25) is 5.89 Å². The zero-order valence-electron chi connectivity index (χ0n) is 15.7. The first-order valence-electron chi connectivity index (χ1n) is 9.11. The van der Waals surface area contributed by atoms with Crippen LogP contribution in [-0.2, 0) is 6.61 Å². The lowest BCUT2D eigenvalue weighted by molar-refractivity contribution is 0.0934. The standard InChI is InChI=1S/C22H19N3O4/c1-14(16-8-2-3-9-18(16)26)24-22(27)17-12-29-20(25-17)13-28-19-10-4-6-15-7-5-11-23-21(15)19/h2-12,14,26H,13H2,1H3,(H,24,27)/t14-/m0/s1. The third-order valence-electron chi connectivity index (χ3n) is 4.48. The van der Waals surface area contributed by atoms with E-state index < -0.39 is 5.91 Å². The highest BCUT2D eigenvalue weighted by molar-refractivity contribution is 5.92. The van der Waals surface area contributed by atoms with Crippen molar-refractivity contribution in [2.45, 2.75) is 19.6 Å². The number of hydrogen-bond donors (Lipinski definition) is 2. The lowest BCUT2D eigenvalue weighted by atomic mass is 10.1. The van der Waals surface area contributed by atoms with Gasteiger partial charge in [0.1, 0.15) is 23.3 Å². The van der Waals surface area contributed by atoms with E-state index in [9.17, 15) is 9.90 Å². The number of amides is 1. The third kappa shape index (κ3) is 4.03. The minimum absolute atomic E-state index is 0.0675. The molecule has 0 radical (unpaired) electrons. The summed E-state index contributed by atoms with van der Waals surface area (Å²) in [6.07, 6.45) is 2.99. The monoisotopic (exact) mass is 389 g/mol. The van der Waals surface area contributed by atoms with Crippen LogP contribution in [0.15, 0.2) is 71.5 Å². The van der Waals surface area contributed by atoms with Crippen LogP contribution in [-0.4, -0.2) is 21.0 Å². The van der Waals surface area contributed by atoms with Crippen molar-refractivity contribution in [3.63, 3.8) is 0 Å². The van der Waals surface area contributed by atoms with Crippen molar-refractivity contribution in [3.8, 4) is 11.5 Å². The predicted octanol–water partition coefficient (Wildman–Crippen LogP) is 4.00. The van der Waals surface area contributed by atoms with Gasteiger partial charge in [0, 0.05) is 17.1 Å². The Morgan fingerprint density at radius 2 is 2.00 bits per heavy atom. The van der Waals surface area contributed by atoms with E-state index in [4.69, 9.17) is 9.15 Å². The van der Waals surface area contributed by atoms with Gasteiger partial charge in [-0.2, -0.15) is 0 Å². The number of benzene rings is 2. The third-order valence-corrected chi connectivity index (χ3v) is 4.48. The molecule has 0 unspecified atom stereocenters. The highest BCUT2D eigenvalue weighted by Crippen LogP contribution is 2.25. The van der Waals surface area contributed by atoms with E-state index in [-0.39, 0.29) is 30.0 Å². The second-order valence-electron chi connectivity index (χ2n) is 6.50. The number of nitrogens with zero attached hydrogens (tertiary/aromatic N) is 2. The summed E-state index contributed by atoms with van der Waals surface area (Å²) in [6, 6.07) is 15.9. The van der Waals surface area contributed by atoms with E-state index in [1.54, 1.807) is 37.4 Å². The fourth-order valence-corrected chi connectivity index (χ4v) is 3.02. The number of carbonyl (C=O) groups is 1. The normalized spacial score (nSPS) is 11.9. The molecule has 4 aromatic rings. The Bertz CT molecular complexity index is 1150. The summed E-state index contributed by atoms with van der Waals surface area (Å²) >= 11 is 0. The zero-order chi connectivity index (χ0) is 20.2. The van der Waals surface area contributed by atoms with E-state index in [1.807, 2.05) is 30.3 Å². The number of nitrogens with one attached hydrogen (secondary N) is 1. The molecule has 146 valence electrons. The van der Waals surface area contributed by atoms with Crippen molar-refractivity contribution in [2.24, 2.45) is 0 Å². The Kier molecular flexibility index (Phi) is 5.11. The van der Waals surface area contributed by atoms with Gasteiger partial charge in [0.05, 0.1) is 6.04 Å². The smallest absolute Gasteiger partial charge is 0.273 e. The Hall–Kier alpha value is -3.87. The highest BCUT2D eigenvalue weighted by atomic mass is 16.5. The fourth-order valence-electron chi connectivity index (χ4n) is 3.02. The van der Waals surface area contributed by atoms with E-state index >= 15 is 0 Å². The Labute approximate surface area is 167 Å². The molecule has 29 heavy (non-hydrogen) atoms. The summed E-state index contributed by atoms with van der Waals surface area (Å²) in [6.45, 7) is 1.85. The van der Waals surface area contributed by atoms with Gasteiger partial charge in [-0.25, -0.2) is 4.98 Å². The van der Waals surface area contributed by atoms with E-state index in [0.717, 1.165) is 10.9 Å². The number of ether oxygens (including phenoxy) is 1. The largest absolute Gasteiger partial charge is 0.508 e. The van der Waals surface area contributed by atoms with E-state index in [0.29, 0.717) is 11.3 Å². The van der Waals surface area contributed by atoms with Crippen LogP contribution in [0.4, 0.5) is 0 Å². The molecule has 2 heterocycles. The summed E-state index contributed by atoms with van der Waals surface area (Å²) in [4.78, 5) is 21.0. The zero-order valence-corrected chi connectivity index (χ0v) is 15.7. The second kappa shape index (κ2) is 8.02. The summed E-state index contributed by atoms with van der Waals surface area (Å²) in [5.41, 5.74) is 1.51. The Morgan fingerprint density at radius 3 is 2.86 bits per heavy atom. The molecular weight excluding hydrogens is 370 g/mol. The number of para-hydroxylation sites is 2. The van der Waals surface area contributed by atoms with Crippen LogP contribution in [0.25, 0.3) is 10.9 Å². The molecule has 7 heteroatoms. The van der Waals surface area contributed by atoms with Gasteiger partial charge in [-0.1, -0.05) is 36.4 Å². The molecule has 0 aliphatic carbocycles. The number of pyridine rings is 1. The minimum Gasteiger partial charge on any atom is -0.508 e. The first kappa shape index (κ1) is 18.5. The molecule has 1 atom stereocenters. The molecule has 2 N–H and O–H groups in total. The summed E-state index contributed by atoms with van der Waals surface area (Å²) in [5.74, 6) is 0.611. The predicted molar refractivity (Wildman–Crippen MR) is 107 cm³/mol. The Balaban J connectivity index is 1.41. The van der Waals surface area contributed by atoms with Crippen LogP contribution in [0.2, 0.25) is 0 Å². The maximum absolute atomic E-state index is 12.4. The second-order valence-corrected chi connectivity index (χ2v) is 6.50. The number of fused-ring (bicyclic) bond motifs is 1. The van der Waals surface area contributed by atoms with Crippen molar-refractivity contribution in [1.29, 1.82) is 0 Å². The quantitative estimate of drug-likeness (QED) is 0.517. The molecular formula is C22H19N3O4. The maximum atomic E-state index is 12.4. The van der Waals surface area contributed by atoms with Crippen LogP contribution in [0, 0.1) is 0 Å². The van der Waals surface area contributed by atoms with E-state index in [2.05, 4.69) is 15.3 Å². The lowest BCUT2D eigenvalue weighted by Crippen LogP contribution is -2.27. The van der Waals surface area contributed by atoms with Gasteiger partial charge in [-0.05, 0) is 25.1 Å². The average Bonchev–Trinajstić information content (AvgIpc) is 3.21. The fraction of sp³-hybridized carbons (Fsp3) is 0.136. The van der Waals surface area contributed by atoms with E-state index in [1.165, 1.54) is 6.26 Å². The van der Waals surface area contributed by atoms with Crippen LogP contribution in [0.3, 0.4) is 0 Å². The molecule has 2 aromatic carbocycles. The van der Waals surface area contributed by atoms with Gasteiger partial charge >= 0.3 is 0 Å². The van der Waals surface area contributed by atoms with Crippen LogP contribution in [0.5, 0.6) is 11.5 Å². The number of rotatable bonds is 6. The molecule has 2 aromatic heterocycles. The van der Waals surface area contributed by atoms with Gasteiger partial charge in [0.25, 0.3) is 5.91 Å². The first-order valence-corrected chi connectivity index (χ1v) is 9.11.